The lowest BCUT2D eigenvalue weighted by molar-refractivity contribution is -0.384. The van der Waals surface area contributed by atoms with E-state index in [1.165, 1.54) is 6.07 Å². The number of hydrogen-bond donors (Lipinski definition) is 1. The molecule has 2 unspecified atom stereocenters. The molecule has 5 nitrogen and oxygen atoms in total. The Labute approximate surface area is 126 Å². The zero-order valence-corrected chi connectivity index (χ0v) is 13.2. The molecule has 1 aromatic rings. The van der Waals surface area contributed by atoms with E-state index < -0.39 is 0 Å². The van der Waals surface area contributed by atoms with E-state index in [1.54, 1.807) is 19.2 Å². The first kappa shape index (κ1) is 17.6. The van der Waals surface area contributed by atoms with Crippen LogP contribution >= 0.6 is 0 Å². The first-order chi connectivity index (χ1) is 10.1. The second-order valence-electron chi connectivity index (χ2n) is 5.30. The van der Waals surface area contributed by atoms with Gasteiger partial charge in [-0.2, -0.15) is 0 Å². The number of methoxy groups -OCH3 is 1. The number of benzene rings is 1. The van der Waals surface area contributed by atoms with Crippen molar-refractivity contribution in [3.8, 4) is 0 Å². The van der Waals surface area contributed by atoms with Crippen LogP contribution in [-0.2, 0) is 4.74 Å². The number of nitro groups is 1. The van der Waals surface area contributed by atoms with Gasteiger partial charge in [-0.3, -0.25) is 10.1 Å². The van der Waals surface area contributed by atoms with Gasteiger partial charge >= 0.3 is 0 Å². The summed E-state index contributed by atoms with van der Waals surface area (Å²) in [6, 6.07) is 7.31. The van der Waals surface area contributed by atoms with Gasteiger partial charge in [-0.15, -0.1) is 0 Å². The fourth-order valence-electron chi connectivity index (χ4n) is 2.54. The van der Waals surface area contributed by atoms with Crippen LogP contribution in [0.2, 0.25) is 0 Å². The molecule has 21 heavy (non-hydrogen) atoms. The third kappa shape index (κ3) is 5.81. The van der Waals surface area contributed by atoms with Crippen LogP contribution in [0, 0.1) is 10.1 Å². The monoisotopic (exact) mass is 294 g/mol. The average Bonchev–Trinajstić information content (AvgIpc) is 2.47. The minimum absolute atomic E-state index is 0.126. The number of nitrogens with one attached hydrogen (secondary N) is 1. The molecule has 0 aliphatic carbocycles. The number of hydrogen-bond acceptors (Lipinski definition) is 4. The highest BCUT2D eigenvalue weighted by Gasteiger charge is 2.18. The fraction of sp³-hybridized carbons (Fsp3) is 0.625. The van der Waals surface area contributed by atoms with E-state index in [2.05, 4.69) is 19.2 Å². The highest BCUT2D eigenvalue weighted by atomic mass is 16.6. The standard InChI is InChI=1S/C16H26N2O3/c1-4-7-14(12-21-3)17-16(8-5-2)13-9-6-10-15(11-13)18(19)20/h6,9-11,14,16-17H,4-5,7-8,12H2,1-3H3. The molecular formula is C16H26N2O3. The maximum Gasteiger partial charge on any atom is 0.269 e. The van der Waals surface area contributed by atoms with Gasteiger partial charge in [-0.1, -0.05) is 38.8 Å². The zero-order chi connectivity index (χ0) is 15.7. The van der Waals surface area contributed by atoms with Gasteiger partial charge in [0.05, 0.1) is 11.5 Å². The summed E-state index contributed by atoms with van der Waals surface area (Å²) in [6.45, 7) is 4.92. The Bertz CT molecular complexity index is 431. The van der Waals surface area contributed by atoms with Gasteiger partial charge in [0.2, 0.25) is 0 Å². The number of non-ortho nitro benzene ring substituents is 1. The molecule has 1 N–H and O–H groups in total. The summed E-state index contributed by atoms with van der Waals surface area (Å²) >= 11 is 0. The van der Waals surface area contributed by atoms with Crippen molar-refractivity contribution in [2.75, 3.05) is 13.7 Å². The smallest absolute Gasteiger partial charge is 0.269 e. The van der Waals surface area contributed by atoms with Crippen molar-refractivity contribution in [1.82, 2.24) is 5.32 Å². The van der Waals surface area contributed by atoms with Crippen LogP contribution in [0.5, 0.6) is 0 Å². The number of ether oxygens (including phenoxy) is 1. The summed E-state index contributed by atoms with van der Waals surface area (Å²) in [7, 11) is 1.70. The molecule has 0 spiro atoms. The maximum absolute atomic E-state index is 10.9. The Morgan fingerprint density at radius 3 is 2.57 bits per heavy atom. The molecule has 0 saturated heterocycles. The zero-order valence-electron chi connectivity index (χ0n) is 13.2. The van der Waals surface area contributed by atoms with Crippen LogP contribution in [0.15, 0.2) is 24.3 Å². The molecule has 0 fully saturated rings. The van der Waals surface area contributed by atoms with Crippen LogP contribution in [-0.4, -0.2) is 24.7 Å². The molecule has 0 bridgehead atoms. The van der Waals surface area contributed by atoms with E-state index >= 15 is 0 Å². The Morgan fingerprint density at radius 2 is 2.00 bits per heavy atom. The second kappa shape index (κ2) is 9.47. The highest BCUT2D eigenvalue weighted by molar-refractivity contribution is 5.35. The summed E-state index contributed by atoms with van der Waals surface area (Å²) in [5.74, 6) is 0. The second-order valence-corrected chi connectivity index (χ2v) is 5.30. The number of rotatable bonds is 10. The largest absolute Gasteiger partial charge is 0.383 e. The van der Waals surface area contributed by atoms with E-state index in [0.29, 0.717) is 6.61 Å². The quantitative estimate of drug-likeness (QED) is 0.526. The predicted molar refractivity (Wildman–Crippen MR) is 84.5 cm³/mol. The lowest BCUT2D eigenvalue weighted by atomic mass is 10.00. The van der Waals surface area contributed by atoms with Crippen LogP contribution in [0.3, 0.4) is 0 Å². The topological polar surface area (TPSA) is 64.4 Å². The minimum Gasteiger partial charge on any atom is -0.383 e. The summed E-state index contributed by atoms with van der Waals surface area (Å²) < 4.78 is 5.26. The van der Waals surface area contributed by atoms with Crippen molar-refractivity contribution in [3.05, 3.63) is 39.9 Å². The van der Waals surface area contributed by atoms with E-state index in [1.807, 2.05) is 6.07 Å². The summed E-state index contributed by atoms with van der Waals surface area (Å²) in [4.78, 5) is 10.6. The molecule has 0 saturated carbocycles. The van der Waals surface area contributed by atoms with Gasteiger partial charge in [0, 0.05) is 31.3 Å². The third-order valence-corrected chi connectivity index (χ3v) is 3.50. The molecule has 118 valence electrons. The predicted octanol–water partition coefficient (Wildman–Crippen LogP) is 3.84. The van der Waals surface area contributed by atoms with Crippen molar-refractivity contribution in [1.29, 1.82) is 0 Å². The van der Waals surface area contributed by atoms with Gasteiger partial charge < -0.3 is 10.1 Å². The van der Waals surface area contributed by atoms with Crippen LogP contribution in [0.25, 0.3) is 0 Å². The van der Waals surface area contributed by atoms with Gasteiger partial charge in [-0.05, 0) is 18.4 Å². The Hall–Kier alpha value is -1.46. The van der Waals surface area contributed by atoms with Crippen molar-refractivity contribution in [2.24, 2.45) is 0 Å². The maximum atomic E-state index is 10.9. The number of nitrogens with zero attached hydrogens (tertiary/aromatic N) is 1. The van der Waals surface area contributed by atoms with Gasteiger partial charge in [-0.25, -0.2) is 0 Å². The summed E-state index contributed by atoms with van der Waals surface area (Å²) in [5.41, 5.74) is 1.12. The molecule has 2 atom stereocenters. The van der Waals surface area contributed by atoms with E-state index in [9.17, 15) is 10.1 Å². The van der Waals surface area contributed by atoms with Crippen molar-refractivity contribution in [3.63, 3.8) is 0 Å². The molecule has 1 aromatic carbocycles. The molecule has 0 radical (unpaired) electrons. The summed E-state index contributed by atoms with van der Waals surface area (Å²) in [6.07, 6.45) is 4.08. The van der Waals surface area contributed by atoms with Gasteiger partial charge in [0.25, 0.3) is 5.69 Å². The highest BCUT2D eigenvalue weighted by Crippen LogP contribution is 2.23. The Kier molecular flexibility index (Phi) is 7.93. The molecule has 0 aliphatic rings. The molecule has 0 amide bonds. The van der Waals surface area contributed by atoms with Gasteiger partial charge in [0.1, 0.15) is 0 Å². The molecule has 1 rings (SSSR count). The van der Waals surface area contributed by atoms with Crippen LogP contribution < -0.4 is 5.32 Å². The SMILES string of the molecule is CCCC(COC)NC(CCC)c1cccc([N+](=O)[O-])c1. The molecule has 5 heteroatoms. The molecule has 0 heterocycles. The van der Waals surface area contributed by atoms with Crippen molar-refractivity contribution >= 4 is 5.69 Å². The Balaban J connectivity index is 2.88. The number of nitro benzene ring substituents is 1. The van der Waals surface area contributed by atoms with Gasteiger partial charge in [0.15, 0.2) is 0 Å². The minimum atomic E-state index is -0.342. The van der Waals surface area contributed by atoms with Crippen molar-refractivity contribution < 1.29 is 9.66 Å². The fourth-order valence-corrected chi connectivity index (χ4v) is 2.54. The lowest BCUT2D eigenvalue weighted by Gasteiger charge is -2.25. The Morgan fingerprint density at radius 1 is 1.29 bits per heavy atom. The van der Waals surface area contributed by atoms with E-state index in [0.717, 1.165) is 31.2 Å². The molecule has 0 aromatic heterocycles. The summed E-state index contributed by atoms with van der Waals surface area (Å²) in [5, 5.41) is 14.5. The van der Waals surface area contributed by atoms with E-state index in [-0.39, 0.29) is 22.7 Å². The van der Waals surface area contributed by atoms with Crippen molar-refractivity contribution in [2.45, 2.75) is 51.6 Å². The van der Waals surface area contributed by atoms with Crippen LogP contribution in [0.1, 0.15) is 51.1 Å². The molecular weight excluding hydrogens is 268 g/mol. The molecule has 0 aliphatic heterocycles. The normalized spacial score (nSPS) is 13.9. The van der Waals surface area contributed by atoms with Crippen LogP contribution in [0.4, 0.5) is 5.69 Å². The third-order valence-electron chi connectivity index (χ3n) is 3.50. The van der Waals surface area contributed by atoms with E-state index in [4.69, 9.17) is 4.74 Å². The lowest BCUT2D eigenvalue weighted by Crippen LogP contribution is -2.36. The first-order valence-corrected chi connectivity index (χ1v) is 7.61. The average molecular weight is 294 g/mol. The first-order valence-electron chi connectivity index (χ1n) is 7.61.